The van der Waals surface area contributed by atoms with Gasteiger partial charge >= 0.3 is 6.18 Å². The molecule has 1 aromatic carbocycles. The van der Waals surface area contributed by atoms with Gasteiger partial charge < -0.3 is 4.52 Å². The van der Waals surface area contributed by atoms with Crippen LogP contribution in [0.15, 0.2) is 50.5 Å². The minimum Gasteiger partial charge on any atom is -0.339 e. The van der Waals surface area contributed by atoms with E-state index in [4.69, 9.17) is 4.52 Å². The molecule has 3 heterocycles. The van der Waals surface area contributed by atoms with Gasteiger partial charge in [-0.15, -0.1) is 11.3 Å². The Kier molecular flexibility index (Phi) is 5.21. The molecule has 154 valence electrons. The first kappa shape index (κ1) is 20.0. The highest BCUT2D eigenvalue weighted by atomic mass is 32.2. The molecule has 1 fully saturated rings. The molecule has 2 aromatic heterocycles. The summed E-state index contributed by atoms with van der Waals surface area (Å²) in [6.07, 6.45) is -3.08. The monoisotopic (exact) mass is 443 g/mol. The number of halogens is 3. The summed E-state index contributed by atoms with van der Waals surface area (Å²) in [5.41, 5.74) is -0.362. The number of benzene rings is 1. The Labute approximate surface area is 169 Å². The van der Waals surface area contributed by atoms with Crippen molar-refractivity contribution in [3.05, 3.63) is 53.2 Å². The summed E-state index contributed by atoms with van der Waals surface area (Å²) in [6, 6.07) is 7.74. The van der Waals surface area contributed by atoms with E-state index in [9.17, 15) is 21.6 Å². The Morgan fingerprint density at radius 1 is 1.17 bits per heavy atom. The minimum atomic E-state index is -4.42. The zero-order valence-electron chi connectivity index (χ0n) is 15.0. The van der Waals surface area contributed by atoms with Crippen LogP contribution in [0.1, 0.15) is 30.2 Å². The predicted molar refractivity (Wildman–Crippen MR) is 99.8 cm³/mol. The summed E-state index contributed by atoms with van der Waals surface area (Å²) >= 11 is 1.16. The Morgan fingerprint density at radius 3 is 2.59 bits per heavy atom. The maximum atomic E-state index is 12.7. The van der Waals surface area contributed by atoms with Crippen LogP contribution in [-0.2, 0) is 16.2 Å². The third-order valence-electron chi connectivity index (χ3n) is 4.73. The molecular weight excluding hydrogens is 427 g/mol. The molecule has 29 heavy (non-hydrogen) atoms. The van der Waals surface area contributed by atoms with Crippen LogP contribution in [0.3, 0.4) is 0 Å². The number of sulfonamides is 1. The Bertz CT molecular complexity index is 1080. The molecular formula is C18H16F3N3O3S2. The van der Waals surface area contributed by atoms with Crippen LogP contribution in [0.5, 0.6) is 0 Å². The largest absolute Gasteiger partial charge is 0.416 e. The minimum absolute atomic E-state index is 0.173. The summed E-state index contributed by atoms with van der Waals surface area (Å²) in [4.78, 5) is 4.30. The predicted octanol–water partition coefficient (Wildman–Crippen LogP) is 4.39. The van der Waals surface area contributed by atoms with E-state index in [1.54, 1.807) is 17.5 Å². The second-order valence-corrected chi connectivity index (χ2v) is 9.78. The van der Waals surface area contributed by atoms with Gasteiger partial charge in [0.2, 0.25) is 11.7 Å². The highest BCUT2D eigenvalue weighted by Crippen LogP contribution is 2.33. The van der Waals surface area contributed by atoms with Crippen molar-refractivity contribution in [2.75, 3.05) is 13.1 Å². The van der Waals surface area contributed by atoms with E-state index in [0.29, 0.717) is 24.9 Å². The normalized spacial score (nSPS) is 18.8. The second-order valence-electron chi connectivity index (χ2n) is 6.67. The van der Waals surface area contributed by atoms with Crippen LogP contribution < -0.4 is 0 Å². The fraction of sp³-hybridized carbons (Fsp3) is 0.333. The quantitative estimate of drug-likeness (QED) is 0.598. The molecule has 0 spiro atoms. The van der Waals surface area contributed by atoms with Crippen LogP contribution in [0.2, 0.25) is 0 Å². The standard InChI is InChI=1S/C18H16F3N3O3S2/c19-18(20,21)14-7-5-12(6-8-14)16-22-17(27-23-16)13-3-1-9-24(11-13)29(25,26)15-4-2-10-28-15/h2,4-8,10,13H,1,3,9,11H2. The summed E-state index contributed by atoms with van der Waals surface area (Å²) in [5.74, 6) is 0.187. The van der Waals surface area contributed by atoms with Gasteiger partial charge in [-0.2, -0.15) is 22.5 Å². The van der Waals surface area contributed by atoms with Crippen molar-refractivity contribution < 1.29 is 26.1 Å². The molecule has 1 aliphatic rings. The average Bonchev–Trinajstić information content (AvgIpc) is 3.40. The van der Waals surface area contributed by atoms with Crippen LogP contribution in [0.4, 0.5) is 13.2 Å². The van der Waals surface area contributed by atoms with Gasteiger partial charge in [0.05, 0.1) is 11.5 Å². The lowest BCUT2D eigenvalue weighted by atomic mass is 10.00. The van der Waals surface area contributed by atoms with Gasteiger partial charge in [0.1, 0.15) is 4.21 Å². The highest BCUT2D eigenvalue weighted by Gasteiger charge is 2.34. The van der Waals surface area contributed by atoms with Crippen molar-refractivity contribution in [2.45, 2.75) is 29.1 Å². The SMILES string of the molecule is O=S(=O)(c1cccs1)N1CCCC(c2nc(-c3ccc(C(F)(F)F)cc3)no2)C1. The molecule has 0 bridgehead atoms. The molecule has 3 aromatic rings. The molecule has 6 nitrogen and oxygen atoms in total. The number of nitrogens with zero attached hydrogens (tertiary/aromatic N) is 3. The number of thiophene rings is 1. The molecule has 0 radical (unpaired) electrons. The number of hydrogen-bond donors (Lipinski definition) is 0. The number of alkyl halides is 3. The fourth-order valence-corrected chi connectivity index (χ4v) is 5.89. The van der Waals surface area contributed by atoms with Gasteiger partial charge in [0.15, 0.2) is 0 Å². The first-order valence-electron chi connectivity index (χ1n) is 8.80. The molecule has 11 heteroatoms. The smallest absolute Gasteiger partial charge is 0.339 e. The summed E-state index contributed by atoms with van der Waals surface area (Å²) < 4.78 is 70.6. The van der Waals surface area contributed by atoms with Gasteiger partial charge in [0.25, 0.3) is 10.0 Å². The van der Waals surface area contributed by atoms with E-state index in [0.717, 1.165) is 23.5 Å². The maximum Gasteiger partial charge on any atom is 0.416 e. The Hall–Kier alpha value is -2.24. The zero-order chi connectivity index (χ0) is 20.6. The highest BCUT2D eigenvalue weighted by molar-refractivity contribution is 7.91. The molecule has 1 unspecified atom stereocenters. The topological polar surface area (TPSA) is 76.3 Å². The molecule has 1 aliphatic heterocycles. The van der Waals surface area contributed by atoms with Crippen molar-refractivity contribution in [2.24, 2.45) is 0 Å². The molecule has 0 N–H and O–H groups in total. The van der Waals surface area contributed by atoms with Crippen LogP contribution in [-0.4, -0.2) is 36.0 Å². The van der Waals surface area contributed by atoms with Gasteiger partial charge in [-0.05, 0) is 36.4 Å². The Balaban J connectivity index is 1.52. The molecule has 1 atom stereocenters. The third kappa shape index (κ3) is 4.07. The van der Waals surface area contributed by atoms with E-state index >= 15 is 0 Å². The lowest BCUT2D eigenvalue weighted by Gasteiger charge is -2.29. The van der Waals surface area contributed by atoms with Crippen LogP contribution in [0, 0.1) is 0 Å². The lowest BCUT2D eigenvalue weighted by molar-refractivity contribution is -0.137. The molecule has 1 saturated heterocycles. The van der Waals surface area contributed by atoms with E-state index < -0.39 is 21.8 Å². The maximum absolute atomic E-state index is 12.7. The van der Waals surface area contributed by atoms with E-state index in [1.165, 1.54) is 16.4 Å². The summed E-state index contributed by atoms with van der Waals surface area (Å²) in [5, 5.41) is 5.57. The second kappa shape index (κ2) is 7.54. The Morgan fingerprint density at radius 2 is 1.93 bits per heavy atom. The van der Waals surface area contributed by atoms with Crippen molar-refractivity contribution in [3.63, 3.8) is 0 Å². The average molecular weight is 443 g/mol. The first-order chi connectivity index (χ1) is 13.7. The van der Waals surface area contributed by atoms with Crippen LogP contribution >= 0.6 is 11.3 Å². The lowest BCUT2D eigenvalue weighted by Crippen LogP contribution is -2.38. The van der Waals surface area contributed by atoms with Crippen molar-refractivity contribution in [1.29, 1.82) is 0 Å². The zero-order valence-corrected chi connectivity index (χ0v) is 16.6. The number of piperidine rings is 1. The van der Waals surface area contributed by atoms with Crippen molar-refractivity contribution in [3.8, 4) is 11.4 Å². The van der Waals surface area contributed by atoms with Crippen molar-refractivity contribution >= 4 is 21.4 Å². The number of aromatic nitrogens is 2. The molecule has 4 rings (SSSR count). The van der Waals surface area contributed by atoms with Gasteiger partial charge in [-0.1, -0.05) is 23.4 Å². The molecule has 0 amide bonds. The third-order valence-corrected chi connectivity index (χ3v) is 7.97. The van der Waals surface area contributed by atoms with Crippen molar-refractivity contribution in [1.82, 2.24) is 14.4 Å². The summed E-state index contributed by atoms with van der Waals surface area (Å²) in [7, 11) is -3.57. The first-order valence-corrected chi connectivity index (χ1v) is 11.1. The van der Waals surface area contributed by atoms with Crippen LogP contribution in [0.25, 0.3) is 11.4 Å². The van der Waals surface area contributed by atoms with Gasteiger partial charge in [-0.25, -0.2) is 8.42 Å². The fourth-order valence-electron chi connectivity index (χ4n) is 3.23. The van der Waals surface area contributed by atoms with E-state index in [2.05, 4.69) is 10.1 Å². The van der Waals surface area contributed by atoms with Gasteiger partial charge in [-0.3, -0.25) is 0 Å². The van der Waals surface area contributed by atoms with E-state index in [1.807, 2.05) is 0 Å². The molecule has 0 saturated carbocycles. The van der Waals surface area contributed by atoms with Gasteiger partial charge in [0, 0.05) is 18.7 Å². The summed E-state index contributed by atoms with van der Waals surface area (Å²) in [6.45, 7) is 0.630. The van der Waals surface area contributed by atoms with E-state index in [-0.39, 0.29) is 28.4 Å². The number of rotatable bonds is 4. The number of hydrogen-bond acceptors (Lipinski definition) is 6. The molecule has 0 aliphatic carbocycles.